The number of thioether (sulfide) groups is 1. The highest BCUT2D eigenvalue weighted by atomic mass is 32.2. The van der Waals surface area contributed by atoms with Crippen molar-refractivity contribution < 1.29 is 0 Å². The largest absolute Gasteiger partial charge is 0.365 e. The van der Waals surface area contributed by atoms with Crippen molar-refractivity contribution in [3.63, 3.8) is 0 Å². The molecular weight excluding hydrogens is 228 g/mol. The number of amidine groups is 1. The Kier molecular flexibility index (Phi) is 7.74. The minimum absolute atomic E-state index is 0.696. The number of rotatable bonds is 8. The van der Waals surface area contributed by atoms with E-state index in [9.17, 15) is 0 Å². The molecule has 0 aliphatic carbocycles. The fourth-order valence-corrected chi connectivity index (χ4v) is 2.98. The Balaban J connectivity index is 1.94. The van der Waals surface area contributed by atoms with Crippen molar-refractivity contribution >= 4 is 16.9 Å². The van der Waals surface area contributed by atoms with Gasteiger partial charge in [-0.3, -0.25) is 4.99 Å². The van der Waals surface area contributed by atoms with E-state index in [0.717, 1.165) is 19.0 Å². The first-order chi connectivity index (χ1) is 8.24. The number of unbranched alkanes of at least 4 members (excludes halogenated alkanes) is 5. The molecule has 0 amide bonds. The Morgan fingerprint density at radius 3 is 2.59 bits per heavy atom. The van der Waals surface area contributed by atoms with E-state index in [1.807, 2.05) is 11.8 Å². The average molecular weight is 256 g/mol. The van der Waals surface area contributed by atoms with Crippen molar-refractivity contribution in [3.05, 3.63) is 0 Å². The molecule has 17 heavy (non-hydrogen) atoms. The third kappa shape index (κ3) is 6.35. The van der Waals surface area contributed by atoms with Crippen LogP contribution in [0.25, 0.3) is 0 Å². The molecule has 0 radical (unpaired) electrons. The zero-order valence-corrected chi connectivity index (χ0v) is 12.5. The first-order valence-electron chi connectivity index (χ1n) is 7.19. The summed E-state index contributed by atoms with van der Waals surface area (Å²) < 4.78 is 0. The number of nitrogens with one attached hydrogen (secondary N) is 1. The molecule has 0 aromatic heterocycles. The van der Waals surface area contributed by atoms with Gasteiger partial charge in [0.2, 0.25) is 0 Å². The molecule has 100 valence electrons. The minimum atomic E-state index is 0.696. The van der Waals surface area contributed by atoms with Crippen LogP contribution in [0.3, 0.4) is 0 Å². The van der Waals surface area contributed by atoms with E-state index in [2.05, 4.69) is 31.1 Å². The third-order valence-electron chi connectivity index (χ3n) is 3.23. The molecule has 0 fully saturated rings. The highest BCUT2D eigenvalue weighted by Gasteiger charge is 2.21. The quantitative estimate of drug-likeness (QED) is 0.662. The second-order valence-electron chi connectivity index (χ2n) is 5.24. The summed E-state index contributed by atoms with van der Waals surface area (Å²) in [5.74, 6) is 0.733. The van der Waals surface area contributed by atoms with Crippen LogP contribution in [-0.2, 0) is 0 Å². The lowest BCUT2D eigenvalue weighted by molar-refractivity contribution is 0.603. The van der Waals surface area contributed by atoms with Crippen molar-refractivity contribution in [1.82, 2.24) is 5.32 Å². The van der Waals surface area contributed by atoms with Gasteiger partial charge in [-0.2, -0.15) is 0 Å². The molecule has 3 heteroatoms. The van der Waals surface area contributed by atoms with Gasteiger partial charge in [0.1, 0.15) is 0 Å². The topological polar surface area (TPSA) is 24.4 Å². The predicted molar refractivity (Wildman–Crippen MR) is 79.9 cm³/mol. The molecule has 0 saturated heterocycles. The lowest BCUT2D eigenvalue weighted by Crippen LogP contribution is -2.21. The van der Waals surface area contributed by atoms with Gasteiger partial charge in [-0.05, 0) is 12.3 Å². The Hall–Kier alpha value is -0.180. The SMILES string of the molecule is CCCCCCCCNC1=NCC(C(C)C)S1. The molecule has 1 unspecified atom stereocenters. The predicted octanol–water partition coefficient (Wildman–Crippen LogP) is 4.06. The van der Waals surface area contributed by atoms with Crippen molar-refractivity contribution in [2.75, 3.05) is 13.1 Å². The number of hydrogen-bond acceptors (Lipinski definition) is 3. The molecule has 1 heterocycles. The lowest BCUT2D eigenvalue weighted by Gasteiger charge is -2.12. The molecule has 1 N–H and O–H groups in total. The molecule has 1 atom stereocenters. The number of aliphatic imine (C=N–C) groups is 1. The van der Waals surface area contributed by atoms with Crippen molar-refractivity contribution in [3.8, 4) is 0 Å². The van der Waals surface area contributed by atoms with Gasteiger partial charge in [0, 0.05) is 11.8 Å². The second-order valence-corrected chi connectivity index (χ2v) is 6.47. The zero-order chi connectivity index (χ0) is 12.5. The first kappa shape index (κ1) is 14.9. The van der Waals surface area contributed by atoms with E-state index >= 15 is 0 Å². The lowest BCUT2D eigenvalue weighted by atomic mass is 10.1. The molecule has 0 saturated carbocycles. The summed E-state index contributed by atoms with van der Waals surface area (Å²) in [5, 5.41) is 5.34. The monoisotopic (exact) mass is 256 g/mol. The third-order valence-corrected chi connectivity index (χ3v) is 4.72. The van der Waals surface area contributed by atoms with E-state index < -0.39 is 0 Å². The Labute approximate surface area is 111 Å². The summed E-state index contributed by atoms with van der Waals surface area (Å²) in [7, 11) is 0. The van der Waals surface area contributed by atoms with Crippen LogP contribution in [0.5, 0.6) is 0 Å². The fraction of sp³-hybridized carbons (Fsp3) is 0.929. The molecule has 1 aliphatic rings. The maximum absolute atomic E-state index is 4.55. The number of nitrogens with zero attached hydrogens (tertiary/aromatic N) is 1. The van der Waals surface area contributed by atoms with Crippen LogP contribution < -0.4 is 5.32 Å². The van der Waals surface area contributed by atoms with Gasteiger partial charge in [0.25, 0.3) is 0 Å². The van der Waals surface area contributed by atoms with Gasteiger partial charge in [-0.1, -0.05) is 64.6 Å². The van der Waals surface area contributed by atoms with Gasteiger partial charge in [0.15, 0.2) is 5.17 Å². The van der Waals surface area contributed by atoms with Crippen LogP contribution in [0.4, 0.5) is 0 Å². The Morgan fingerprint density at radius 1 is 1.24 bits per heavy atom. The second kappa shape index (κ2) is 8.84. The summed E-state index contributed by atoms with van der Waals surface area (Å²) >= 11 is 1.93. The number of hydrogen-bond donors (Lipinski definition) is 1. The van der Waals surface area contributed by atoms with E-state index in [1.165, 1.54) is 43.7 Å². The molecule has 0 aromatic carbocycles. The molecule has 1 aliphatic heterocycles. The molecule has 0 spiro atoms. The summed E-state index contributed by atoms with van der Waals surface area (Å²) in [6.45, 7) is 8.93. The maximum atomic E-state index is 4.55. The van der Waals surface area contributed by atoms with Crippen LogP contribution in [0.2, 0.25) is 0 Å². The van der Waals surface area contributed by atoms with Gasteiger partial charge in [-0.15, -0.1) is 0 Å². The van der Waals surface area contributed by atoms with Crippen molar-refractivity contribution in [2.45, 2.75) is 64.5 Å². The molecule has 0 bridgehead atoms. The molecule has 2 nitrogen and oxygen atoms in total. The van der Waals surface area contributed by atoms with E-state index in [-0.39, 0.29) is 0 Å². The van der Waals surface area contributed by atoms with Gasteiger partial charge in [0.05, 0.1) is 6.54 Å². The Morgan fingerprint density at radius 2 is 1.94 bits per heavy atom. The van der Waals surface area contributed by atoms with Crippen LogP contribution in [-0.4, -0.2) is 23.5 Å². The van der Waals surface area contributed by atoms with E-state index in [0.29, 0.717) is 5.25 Å². The average Bonchev–Trinajstić information content (AvgIpc) is 2.77. The fourth-order valence-electron chi connectivity index (χ4n) is 1.94. The van der Waals surface area contributed by atoms with Gasteiger partial charge >= 0.3 is 0 Å². The summed E-state index contributed by atoms with van der Waals surface area (Å²) in [6, 6.07) is 0. The summed E-state index contributed by atoms with van der Waals surface area (Å²) in [6.07, 6.45) is 8.17. The van der Waals surface area contributed by atoms with Crippen LogP contribution in [0, 0.1) is 5.92 Å². The van der Waals surface area contributed by atoms with Crippen molar-refractivity contribution in [2.24, 2.45) is 10.9 Å². The normalized spacial score (nSPS) is 19.8. The molecule has 1 rings (SSSR count). The zero-order valence-electron chi connectivity index (χ0n) is 11.7. The van der Waals surface area contributed by atoms with Gasteiger partial charge in [-0.25, -0.2) is 0 Å². The van der Waals surface area contributed by atoms with Gasteiger partial charge < -0.3 is 5.32 Å². The molecular formula is C14H28N2S. The summed E-state index contributed by atoms with van der Waals surface area (Å²) in [4.78, 5) is 4.55. The highest BCUT2D eigenvalue weighted by molar-refractivity contribution is 8.14. The summed E-state index contributed by atoms with van der Waals surface area (Å²) in [5.41, 5.74) is 0. The van der Waals surface area contributed by atoms with Crippen molar-refractivity contribution in [1.29, 1.82) is 0 Å². The first-order valence-corrected chi connectivity index (χ1v) is 8.07. The molecule has 0 aromatic rings. The van der Waals surface area contributed by atoms with Crippen LogP contribution >= 0.6 is 11.8 Å². The van der Waals surface area contributed by atoms with E-state index in [1.54, 1.807) is 0 Å². The standard InChI is InChI=1S/C14H28N2S/c1-4-5-6-7-8-9-10-15-14-16-11-13(17-14)12(2)3/h12-13H,4-11H2,1-3H3,(H,15,16). The van der Waals surface area contributed by atoms with E-state index in [4.69, 9.17) is 0 Å². The van der Waals surface area contributed by atoms with Crippen LogP contribution in [0.15, 0.2) is 4.99 Å². The Bertz CT molecular complexity index is 226. The minimum Gasteiger partial charge on any atom is -0.365 e. The highest BCUT2D eigenvalue weighted by Crippen LogP contribution is 2.25. The van der Waals surface area contributed by atoms with Crippen LogP contribution in [0.1, 0.15) is 59.3 Å². The smallest absolute Gasteiger partial charge is 0.156 e. The maximum Gasteiger partial charge on any atom is 0.156 e.